The van der Waals surface area contributed by atoms with E-state index in [2.05, 4.69) is 31.1 Å². The van der Waals surface area contributed by atoms with E-state index in [4.69, 9.17) is 0 Å². The molecule has 1 rings (SSSR count). The zero-order valence-corrected chi connectivity index (χ0v) is 13.2. The number of nitrogens with zero attached hydrogens (tertiary/aromatic N) is 1. The summed E-state index contributed by atoms with van der Waals surface area (Å²) in [7, 11) is 0. The number of pyridine rings is 1. The van der Waals surface area contributed by atoms with Crippen LogP contribution >= 0.6 is 11.8 Å². The van der Waals surface area contributed by atoms with Gasteiger partial charge in [0.25, 0.3) is 0 Å². The molecule has 1 heterocycles. The third kappa shape index (κ3) is 7.50. The van der Waals surface area contributed by atoms with Gasteiger partial charge in [-0.25, -0.2) is 0 Å². The first-order valence-corrected chi connectivity index (χ1v) is 7.93. The second-order valence-electron chi connectivity index (χ2n) is 6.07. The van der Waals surface area contributed by atoms with Crippen molar-refractivity contribution < 1.29 is 9.90 Å². The quantitative estimate of drug-likeness (QED) is 0.810. The molecule has 0 aromatic carbocycles. The number of hydrogen-bond donors (Lipinski definition) is 2. The molecule has 0 aliphatic carbocycles. The number of aliphatic hydroxyl groups is 1. The number of rotatable bonds is 7. The predicted octanol–water partition coefficient (Wildman–Crippen LogP) is 2.23. The molecule has 0 aliphatic rings. The molecule has 0 spiro atoms. The summed E-state index contributed by atoms with van der Waals surface area (Å²) in [6.07, 6.45) is 4.31. The van der Waals surface area contributed by atoms with Gasteiger partial charge in [-0.3, -0.25) is 9.78 Å². The maximum absolute atomic E-state index is 11.8. The SMILES string of the molecule is CC(C)(C)CC(CO)NC(=O)CSCc1cccnc1. The van der Waals surface area contributed by atoms with Crippen LogP contribution in [0.3, 0.4) is 0 Å². The Morgan fingerprint density at radius 3 is 2.80 bits per heavy atom. The highest BCUT2D eigenvalue weighted by Gasteiger charge is 2.19. The van der Waals surface area contributed by atoms with E-state index in [0.29, 0.717) is 5.75 Å². The fourth-order valence-electron chi connectivity index (χ4n) is 1.91. The van der Waals surface area contributed by atoms with E-state index in [9.17, 15) is 9.90 Å². The van der Waals surface area contributed by atoms with Gasteiger partial charge < -0.3 is 10.4 Å². The van der Waals surface area contributed by atoms with Gasteiger partial charge in [-0.1, -0.05) is 26.8 Å². The van der Waals surface area contributed by atoms with Crippen LogP contribution in [-0.4, -0.2) is 34.4 Å². The van der Waals surface area contributed by atoms with Crippen LogP contribution in [0.15, 0.2) is 24.5 Å². The van der Waals surface area contributed by atoms with Gasteiger partial charge in [-0.2, -0.15) is 0 Å². The van der Waals surface area contributed by atoms with Crippen molar-refractivity contribution in [3.05, 3.63) is 30.1 Å². The minimum Gasteiger partial charge on any atom is -0.394 e. The van der Waals surface area contributed by atoms with Crippen molar-refractivity contribution >= 4 is 17.7 Å². The zero-order valence-electron chi connectivity index (χ0n) is 12.4. The monoisotopic (exact) mass is 296 g/mol. The molecule has 0 aliphatic heterocycles. The molecule has 0 fully saturated rings. The molecule has 4 nitrogen and oxygen atoms in total. The molecule has 0 saturated heterocycles. The summed E-state index contributed by atoms with van der Waals surface area (Å²) < 4.78 is 0. The lowest BCUT2D eigenvalue weighted by molar-refractivity contribution is -0.119. The topological polar surface area (TPSA) is 62.2 Å². The van der Waals surface area contributed by atoms with Crippen LogP contribution in [0.25, 0.3) is 0 Å². The number of aliphatic hydroxyl groups excluding tert-OH is 1. The van der Waals surface area contributed by atoms with E-state index in [0.717, 1.165) is 17.7 Å². The predicted molar refractivity (Wildman–Crippen MR) is 83.5 cm³/mol. The molecule has 5 heteroatoms. The molecule has 0 saturated carbocycles. The second-order valence-corrected chi connectivity index (χ2v) is 7.05. The lowest BCUT2D eigenvalue weighted by Crippen LogP contribution is -2.40. The first kappa shape index (κ1) is 17.0. The van der Waals surface area contributed by atoms with Crippen molar-refractivity contribution in [2.75, 3.05) is 12.4 Å². The van der Waals surface area contributed by atoms with Crippen molar-refractivity contribution in [1.29, 1.82) is 0 Å². The van der Waals surface area contributed by atoms with Crippen molar-refractivity contribution in [3.8, 4) is 0 Å². The summed E-state index contributed by atoms with van der Waals surface area (Å²) in [6.45, 7) is 6.27. The molecule has 0 bridgehead atoms. The zero-order chi connectivity index (χ0) is 15.0. The highest BCUT2D eigenvalue weighted by Crippen LogP contribution is 2.20. The number of thioether (sulfide) groups is 1. The van der Waals surface area contributed by atoms with Gasteiger partial charge in [0, 0.05) is 18.1 Å². The van der Waals surface area contributed by atoms with Crippen LogP contribution in [0.2, 0.25) is 0 Å². The van der Waals surface area contributed by atoms with Gasteiger partial charge in [0.2, 0.25) is 5.91 Å². The Labute approximate surface area is 125 Å². The maximum Gasteiger partial charge on any atom is 0.230 e. The van der Waals surface area contributed by atoms with Crippen molar-refractivity contribution in [3.63, 3.8) is 0 Å². The molecule has 112 valence electrons. The maximum atomic E-state index is 11.8. The molecular formula is C15H24N2O2S. The van der Waals surface area contributed by atoms with Crippen LogP contribution in [-0.2, 0) is 10.5 Å². The summed E-state index contributed by atoms with van der Waals surface area (Å²) in [5.41, 5.74) is 1.20. The third-order valence-corrected chi connectivity index (χ3v) is 3.67. The molecule has 1 aromatic heterocycles. The average Bonchev–Trinajstić information content (AvgIpc) is 2.37. The van der Waals surface area contributed by atoms with E-state index in [1.165, 1.54) is 0 Å². The minimum atomic E-state index is -0.165. The van der Waals surface area contributed by atoms with Crippen LogP contribution in [0.1, 0.15) is 32.8 Å². The van der Waals surface area contributed by atoms with Gasteiger partial charge in [-0.15, -0.1) is 11.8 Å². The van der Waals surface area contributed by atoms with Gasteiger partial charge in [-0.05, 0) is 23.5 Å². The first-order valence-electron chi connectivity index (χ1n) is 6.77. The molecule has 1 amide bonds. The Balaban J connectivity index is 2.28. The number of carbonyl (C=O) groups excluding carboxylic acids is 1. The summed E-state index contributed by atoms with van der Waals surface area (Å²) in [4.78, 5) is 15.9. The minimum absolute atomic E-state index is 0.0176. The van der Waals surface area contributed by atoms with E-state index in [1.807, 2.05) is 12.1 Å². The molecule has 20 heavy (non-hydrogen) atoms. The number of nitrogens with one attached hydrogen (secondary N) is 1. The molecular weight excluding hydrogens is 272 g/mol. The molecule has 1 unspecified atom stereocenters. The van der Waals surface area contributed by atoms with Crippen LogP contribution in [0.4, 0.5) is 0 Å². The fraction of sp³-hybridized carbons (Fsp3) is 0.600. The molecule has 0 radical (unpaired) electrons. The molecule has 1 aromatic rings. The van der Waals surface area contributed by atoms with Crippen molar-refractivity contribution in [1.82, 2.24) is 10.3 Å². The van der Waals surface area contributed by atoms with E-state index >= 15 is 0 Å². The Morgan fingerprint density at radius 2 is 2.25 bits per heavy atom. The lowest BCUT2D eigenvalue weighted by atomic mass is 9.88. The second kappa shape index (κ2) is 8.27. The van der Waals surface area contributed by atoms with Gasteiger partial charge in [0.1, 0.15) is 0 Å². The standard InChI is InChI=1S/C15H24N2O2S/c1-15(2,3)7-13(9-18)17-14(19)11-20-10-12-5-4-6-16-8-12/h4-6,8,13,18H,7,9-11H2,1-3H3,(H,17,19). The fourth-order valence-corrected chi connectivity index (χ4v) is 2.69. The molecule has 1 atom stereocenters. The van der Waals surface area contributed by atoms with E-state index in [1.54, 1.807) is 24.2 Å². The smallest absolute Gasteiger partial charge is 0.230 e. The highest BCUT2D eigenvalue weighted by molar-refractivity contribution is 7.99. The summed E-state index contributed by atoms with van der Waals surface area (Å²) in [5.74, 6) is 1.14. The Bertz CT molecular complexity index is 404. The van der Waals surface area contributed by atoms with E-state index in [-0.39, 0.29) is 24.0 Å². The number of aromatic nitrogens is 1. The van der Waals surface area contributed by atoms with Gasteiger partial charge >= 0.3 is 0 Å². The normalized spacial score (nSPS) is 13.0. The van der Waals surface area contributed by atoms with Gasteiger partial charge in [0.15, 0.2) is 0 Å². The number of amides is 1. The average molecular weight is 296 g/mol. The molecule has 2 N–H and O–H groups in total. The summed E-state index contributed by atoms with van der Waals surface area (Å²) in [6, 6.07) is 3.72. The van der Waals surface area contributed by atoms with E-state index < -0.39 is 0 Å². The van der Waals surface area contributed by atoms with Crippen LogP contribution < -0.4 is 5.32 Å². The van der Waals surface area contributed by atoms with Crippen molar-refractivity contribution in [2.24, 2.45) is 5.41 Å². The Kier molecular flexibility index (Phi) is 7.02. The number of hydrogen-bond acceptors (Lipinski definition) is 4. The van der Waals surface area contributed by atoms with Crippen LogP contribution in [0.5, 0.6) is 0 Å². The highest BCUT2D eigenvalue weighted by atomic mass is 32.2. The summed E-state index contributed by atoms with van der Waals surface area (Å²) >= 11 is 1.55. The number of carbonyl (C=O) groups is 1. The largest absolute Gasteiger partial charge is 0.394 e. The summed E-state index contributed by atoms with van der Waals surface area (Å²) in [5, 5.41) is 12.2. The van der Waals surface area contributed by atoms with Gasteiger partial charge in [0.05, 0.1) is 18.4 Å². The Hall–Kier alpha value is -1.07. The Morgan fingerprint density at radius 1 is 1.50 bits per heavy atom. The van der Waals surface area contributed by atoms with Crippen LogP contribution in [0, 0.1) is 5.41 Å². The van der Waals surface area contributed by atoms with Crippen molar-refractivity contribution in [2.45, 2.75) is 39.0 Å². The lowest BCUT2D eigenvalue weighted by Gasteiger charge is -2.25. The third-order valence-electron chi connectivity index (χ3n) is 2.67. The first-order chi connectivity index (χ1) is 9.40.